The quantitative estimate of drug-likeness (QED) is 0.787. The molecule has 2 rings (SSSR count). The lowest BCUT2D eigenvalue weighted by Crippen LogP contribution is -2.42. The normalized spacial score (nSPS) is 10.2. The van der Waals surface area contributed by atoms with Gasteiger partial charge in [0.15, 0.2) is 11.6 Å². The molecule has 0 aliphatic rings. The van der Waals surface area contributed by atoms with Gasteiger partial charge >= 0.3 is 0 Å². The van der Waals surface area contributed by atoms with Crippen LogP contribution in [0.3, 0.4) is 0 Å². The van der Waals surface area contributed by atoms with Crippen LogP contribution in [0.25, 0.3) is 0 Å². The van der Waals surface area contributed by atoms with Crippen molar-refractivity contribution < 1.29 is 23.1 Å². The first-order chi connectivity index (χ1) is 12.0. The lowest BCUT2D eigenvalue weighted by molar-refractivity contribution is -0.128. The number of aryl methyl sites for hydroxylation is 1. The Kier molecular flexibility index (Phi) is 6.45. The Balaban J connectivity index is 1.74. The lowest BCUT2D eigenvalue weighted by atomic mass is 10.1. The van der Waals surface area contributed by atoms with E-state index < -0.39 is 17.6 Å². The first-order valence-electron chi connectivity index (χ1n) is 7.62. The van der Waals surface area contributed by atoms with Gasteiger partial charge in [0.1, 0.15) is 5.82 Å². The summed E-state index contributed by atoms with van der Waals surface area (Å²) >= 11 is 0. The molecule has 0 unspecified atom stereocenters. The van der Waals surface area contributed by atoms with Crippen molar-refractivity contribution >= 4 is 11.8 Å². The molecule has 132 valence electrons. The Hall–Kier alpha value is -2.96. The zero-order valence-corrected chi connectivity index (χ0v) is 13.6. The highest BCUT2D eigenvalue weighted by Gasteiger charge is 2.08. The smallest absolute Gasteiger partial charge is 0.242 e. The molecular weight excluding hydrogens is 330 g/mol. The molecular formula is C18H18F2N2O3. The van der Waals surface area contributed by atoms with E-state index in [-0.39, 0.29) is 24.4 Å². The van der Waals surface area contributed by atoms with Gasteiger partial charge in [0, 0.05) is 6.42 Å². The maximum Gasteiger partial charge on any atom is 0.242 e. The summed E-state index contributed by atoms with van der Waals surface area (Å²) in [6.45, 7) is 0. The molecule has 0 aromatic heterocycles. The van der Waals surface area contributed by atoms with Crippen molar-refractivity contribution in [2.45, 2.75) is 19.3 Å². The molecule has 0 aliphatic carbocycles. The first-order valence-corrected chi connectivity index (χ1v) is 7.62. The molecule has 2 aromatic carbocycles. The van der Waals surface area contributed by atoms with E-state index in [1.54, 1.807) is 6.07 Å². The van der Waals surface area contributed by atoms with Crippen LogP contribution in [0.15, 0.2) is 42.5 Å². The van der Waals surface area contributed by atoms with Gasteiger partial charge < -0.3 is 4.74 Å². The third-order valence-electron chi connectivity index (χ3n) is 3.48. The van der Waals surface area contributed by atoms with Gasteiger partial charge in [0.05, 0.1) is 13.5 Å². The summed E-state index contributed by atoms with van der Waals surface area (Å²) in [5.41, 5.74) is 5.85. The SMILES string of the molecule is COc1ccc(CCC(=O)NNC(=O)Cc2ccc(F)cc2)cc1F. The lowest BCUT2D eigenvalue weighted by Gasteiger charge is -2.08. The Morgan fingerprint density at radius 2 is 1.60 bits per heavy atom. The summed E-state index contributed by atoms with van der Waals surface area (Å²) in [6.07, 6.45) is 0.424. The highest BCUT2D eigenvalue weighted by molar-refractivity contribution is 5.83. The number of halogens is 2. The van der Waals surface area contributed by atoms with E-state index in [1.807, 2.05) is 0 Å². The third-order valence-corrected chi connectivity index (χ3v) is 3.48. The minimum absolute atomic E-state index is 0.0181. The van der Waals surface area contributed by atoms with Crippen LogP contribution in [0.5, 0.6) is 5.75 Å². The third kappa shape index (κ3) is 5.87. The van der Waals surface area contributed by atoms with Crippen LogP contribution in [0.1, 0.15) is 17.5 Å². The number of rotatable bonds is 6. The monoisotopic (exact) mass is 348 g/mol. The molecule has 0 saturated carbocycles. The second-order valence-electron chi connectivity index (χ2n) is 5.37. The van der Waals surface area contributed by atoms with Crippen molar-refractivity contribution in [1.82, 2.24) is 10.9 Å². The van der Waals surface area contributed by atoms with Gasteiger partial charge in [-0.05, 0) is 41.8 Å². The Labute approximate surface area is 144 Å². The van der Waals surface area contributed by atoms with Gasteiger partial charge in [-0.1, -0.05) is 18.2 Å². The molecule has 0 heterocycles. The second-order valence-corrected chi connectivity index (χ2v) is 5.37. The van der Waals surface area contributed by atoms with Crippen molar-refractivity contribution in [2.24, 2.45) is 0 Å². The van der Waals surface area contributed by atoms with Gasteiger partial charge in [-0.3, -0.25) is 20.4 Å². The summed E-state index contributed by atoms with van der Waals surface area (Å²) in [6, 6.07) is 9.98. The molecule has 25 heavy (non-hydrogen) atoms. The van der Waals surface area contributed by atoms with E-state index in [9.17, 15) is 18.4 Å². The van der Waals surface area contributed by atoms with Crippen molar-refractivity contribution in [1.29, 1.82) is 0 Å². The van der Waals surface area contributed by atoms with E-state index in [4.69, 9.17) is 4.74 Å². The van der Waals surface area contributed by atoms with Gasteiger partial charge in [-0.2, -0.15) is 0 Å². The van der Waals surface area contributed by atoms with Crippen LogP contribution in [0.2, 0.25) is 0 Å². The molecule has 0 bridgehead atoms. The molecule has 0 saturated heterocycles. The summed E-state index contributed by atoms with van der Waals surface area (Å²) in [5, 5.41) is 0. The van der Waals surface area contributed by atoms with E-state index in [1.165, 1.54) is 43.5 Å². The molecule has 0 aliphatic heterocycles. The molecule has 7 heteroatoms. The number of methoxy groups -OCH3 is 1. The van der Waals surface area contributed by atoms with Crippen LogP contribution < -0.4 is 15.6 Å². The number of carbonyl (C=O) groups excluding carboxylic acids is 2. The van der Waals surface area contributed by atoms with Crippen LogP contribution in [0.4, 0.5) is 8.78 Å². The highest BCUT2D eigenvalue weighted by Crippen LogP contribution is 2.18. The fraction of sp³-hybridized carbons (Fsp3) is 0.222. The van der Waals surface area contributed by atoms with E-state index in [2.05, 4.69) is 10.9 Å². The van der Waals surface area contributed by atoms with Gasteiger partial charge in [-0.15, -0.1) is 0 Å². The van der Waals surface area contributed by atoms with Gasteiger partial charge in [0.2, 0.25) is 11.8 Å². The van der Waals surface area contributed by atoms with E-state index >= 15 is 0 Å². The Morgan fingerprint density at radius 1 is 0.960 bits per heavy atom. The summed E-state index contributed by atoms with van der Waals surface area (Å²) in [4.78, 5) is 23.4. The molecule has 2 amide bonds. The van der Waals surface area contributed by atoms with Crippen LogP contribution >= 0.6 is 0 Å². The minimum Gasteiger partial charge on any atom is -0.494 e. The average Bonchev–Trinajstić information content (AvgIpc) is 2.60. The average molecular weight is 348 g/mol. The Morgan fingerprint density at radius 3 is 2.24 bits per heavy atom. The zero-order chi connectivity index (χ0) is 18.2. The summed E-state index contributed by atoms with van der Waals surface area (Å²) in [5.74, 6) is -1.55. The number of carbonyl (C=O) groups is 2. The van der Waals surface area contributed by atoms with Gasteiger partial charge in [-0.25, -0.2) is 8.78 Å². The number of ether oxygens (including phenoxy) is 1. The van der Waals surface area contributed by atoms with E-state index in [0.29, 0.717) is 17.5 Å². The van der Waals surface area contributed by atoms with Crippen molar-refractivity contribution in [3.05, 3.63) is 65.2 Å². The number of amides is 2. The molecule has 0 spiro atoms. The summed E-state index contributed by atoms with van der Waals surface area (Å²) in [7, 11) is 1.38. The number of hydrazine groups is 1. The number of benzene rings is 2. The van der Waals surface area contributed by atoms with Crippen LogP contribution in [-0.2, 0) is 22.4 Å². The predicted molar refractivity (Wildman–Crippen MR) is 87.7 cm³/mol. The van der Waals surface area contributed by atoms with Crippen molar-refractivity contribution in [3.63, 3.8) is 0 Å². The van der Waals surface area contributed by atoms with Crippen molar-refractivity contribution in [2.75, 3.05) is 7.11 Å². The fourth-order valence-corrected chi connectivity index (χ4v) is 2.16. The summed E-state index contributed by atoms with van der Waals surface area (Å²) < 4.78 is 31.2. The van der Waals surface area contributed by atoms with Crippen LogP contribution in [0, 0.1) is 11.6 Å². The van der Waals surface area contributed by atoms with Crippen molar-refractivity contribution in [3.8, 4) is 5.75 Å². The minimum atomic E-state index is -0.493. The number of nitrogens with one attached hydrogen (secondary N) is 2. The fourth-order valence-electron chi connectivity index (χ4n) is 2.16. The first kappa shape index (κ1) is 18.4. The zero-order valence-electron chi connectivity index (χ0n) is 13.6. The van der Waals surface area contributed by atoms with E-state index in [0.717, 1.165) is 0 Å². The number of hydrogen-bond acceptors (Lipinski definition) is 3. The molecule has 0 atom stereocenters. The Bertz CT molecular complexity index is 748. The standard InChI is InChI=1S/C18H18F2N2O3/c1-25-16-8-4-12(10-15(16)20)5-9-17(23)21-22-18(24)11-13-2-6-14(19)7-3-13/h2-4,6-8,10H,5,9,11H2,1H3,(H,21,23)(H,22,24). The molecule has 2 aromatic rings. The topological polar surface area (TPSA) is 67.4 Å². The van der Waals surface area contributed by atoms with Gasteiger partial charge in [0.25, 0.3) is 0 Å². The largest absolute Gasteiger partial charge is 0.494 e. The maximum atomic E-state index is 13.6. The number of hydrogen-bond donors (Lipinski definition) is 2. The maximum absolute atomic E-state index is 13.6. The highest BCUT2D eigenvalue weighted by atomic mass is 19.1. The second kappa shape index (κ2) is 8.77. The molecule has 0 fully saturated rings. The molecule has 2 N–H and O–H groups in total. The molecule has 0 radical (unpaired) electrons. The predicted octanol–water partition coefficient (Wildman–Crippen LogP) is 2.30. The molecule has 5 nitrogen and oxygen atoms in total. The van der Waals surface area contributed by atoms with Crippen LogP contribution in [-0.4, -0.2) is 18.9 Å².